The quantitative estimate of drug-likeness (QED) is 0.392. The molecule has 2 unspecified atom stereocenters. The molecule has 0 saturated heterocycles. The third kappa shape index (κ3) is 4.77. The van der Waals surface area contributed by atoms with Gasteiger partial charge < -0.3 is 24.8 Å². The Hall–Kier alpha value is -3.81. The fraction of sp³-hybridized carbons (Fsp3) is 0.485. The maximum atomic E-state index is 14.9. The minimum Gasteiger partial charge on any atom is -0.497 e. The van der Waals surface area contributed by atoms with Gasteiger partial charge in [-0.1, -0.05) is 49.9 Å². The summed E-state index contributed by atoms with van der Waals surface area (Å²) in [5.74, 6) is 0.0228. The van der Waals surface area contributed by atoms with Crippen LogP contribution in [-0.4, -0.2) is 45.9 Å². The molecule has 3 amide bonds. The van der Waals surface area contributed by atoms with E-state index in [0.29, 0.717) is 17.1 Å². The number of fused-ring (bicyclic) bond motifs is 4. The molecule has 0 bridgehead atoms. The molecule has 3 aromatic rings. The van der Waals surface area contributed by atoms with E-state index in [1.807, 2.05) is 46.7 Å². The van der Waals surface area contributed by atoms with Crippen molar-refractivity contribution in [3.05, 3.63) is 59.3 Å². The maximum Gasteiger partial charge on any atom is 0.274 e. The highest BCUT2D eigenvalue weighted by Crippen LogP contribution is 2.46. The zero-order valence-corrected chi connectivity index (χ0v) is 24.3. The monoisotopic (exact) mass is 556 g/mol. The van der Waals surface area contributed by atoms with Gasteiger partial charge in [0, 0.05) is 18.4 Å². The number of amides is 3. The molecule has 8 nitrogen and oxygen atoms in total. The van der Waals surface area contributed by atoms with Gasteiger partial charge in [-0.3, -0.25) is 14.4 Å². The van der Waals surface area contributed by atoms with E-state index >= 15 is 0 Å². The SMILES string of the molecule is COc1ccc2c(c1)c(NC(C)=O)c1n2CC(C)(C(=O)NC2CCCCCC2)N(C2CCCc3ccccc32)C1=O. The lowest BCUT2D eigenvalue weighted by Gasteiger charge is -2.49. The van der Waals surface area contributed by atoms with Gasteiger partial charge >= 0.3 is 0 Å². The molecule has 2 N–H and O–H groups in total. The average Bonchev–Trinajstić information content (AvgIpc) is 3.09. The van der Waals surface area contributed by atoms with Crippen molar-refractivity contribution in [3.63, 3.8) is 0 Å². The number of aryl methyl sites for hydroxylation is 1. The number of nitrogens with zero attached hydrogens (tertiary/aromatic N) is 2. The first-order valence-electron chi connectivity index (χ1n) is 15.0. The lowest BCUT2D eigenvalue weighted by atomic mass is 9.82. The number of nitrogens with one attached hydrogen (secondary N) is 2. The van der Waals surface area contributed by atoms with Gasteiger partial charge in [0.05, 0.1) is 30.9 Å². The van der Waals surface area contributed by atoms with Gasteiger partial charge in [-0.25, -0.2) is 0 Å². The van der Waals surface area contributed by atoms with Gasteiger partial charge in [0.15, 0.2) is 0 Å². The molecule has 2 aromatic carbocycles. The van der Waals surface area contributed by atoms with Crippen LogP contribution in [0.3, 0.4) is 0 Å². The molecule has 1 aromatic heterocycles. The molecule has 41 heavy (non-hydrogen) atoms. The van der Waals surface area contributed by atoms with Gasteiger partial charge in [0.2, 0.25) is 11.8 Å². The summed E-state index contributed by atoms with van der Waals surface area (Å²) < 4.78 is 7.42. The van der Waals surface area contributed by atoms with Crippen LogP contribution in [0.5, 0.6) is 5.75 Å². The highest BCUT2D eigenvalue weighted by atomic mass is 16.5. The van der Waals surface area contributed by atoms with Crippen molar-refractivity contribution in [1.29, 1.82) is 0 Å². The van der Waals surface area contributed by atoms with Crippen molar-refractivity contribution in [2.24, 2.45) is 0 Å². The summed E-state index contributed by atoms with van der Waals surface area (Å²) in [5.41, 5.74) is 2.86. The summed E-state index contributed by atoms with van der Waals surface area (Å²) in [6.07, 6.45) is 9.20. The second-order valence-corrected chi connectivity index (χ2v) is 12.1. The molecular weight excluding hydrogens is 516 g/mol. The topological polar surface area (TPSA) is 92.7 Å². The first-order chi connectivity index (χ1) is 19.8. The van der Waals surface area contributed by atoms with Crippen molar-refractivity contribution in [2.75, 3.05) is 12.4 Å². The standard InChI is InChI=1S/C33H40N4O4/c1-21(38)34-29-26-19-24(41-3)17-18-27(26)36-20-33(2,32(40)35-23-13-6-4-5-7-14-23)37(31(39)30(29)36)28-16-10-12-22-11-8-9-15-25(22)28/h8-9,11,15,17-19,23,28H,4-7,10,12-14,16,20H2,1-3H3,(H,34,38)(H,35,40). The number of hydrogen-bond donors (Lipinski definition) is 2. The van der Waals surface area contributed by atoms with E-state index in [1.165, 1.54) is 25.3 Å². The van der Waals surface area contributed by atoms with Crippen LogP contribution in [0.25, 0.3) is 10.9 Å². The summed E-state index contributed by atoms with van der Waals surface area (Å²) in [6.45, 7) is 3.65. The Morgan fingerprint density at radius 3 is 2.49 bits per heavy atom. The maximum absolute atomic E-state index is 14.9. The minimum atomic E-state index is -1.13. The Morgan fingerprint density at radius 1 is 1.00 bits per heavy atom. The Kier molecular flexibility index (Phi) is 7.26. The number of anilines is 1. The van der Waals surface area contributed by atoms with Crippen molar-refractivity contribution in [3.8, 4) is 5.75 Å². The van der Waals surface area contributed by atoms with Crippen molar-refractivity contribution >= 4 is 34.3 Å². The molecule has 216 valence electrons. The molecule has 1 saturated carbocycles. The van der Waals surface area contributed by atoms with Gasteiger partial charge in [-0.05, 0) is 68.4 Å². The van der Waals surface area contributed by atoms with Crippen LogP contribution in [0, 0.1) is 0 Å². The smallest absolute Gasteiger partial charge is 0.274 e. The Labute approximate surface area is 241 Å². The zero-order chi connectivity index (χ0) is 28.7. The highest BCUT2D eigenvalue weighted by Gasteiger charge is 2.52. The lowest BCUT2D eigenvalue weighted by molar-refractivity contribution is -0.135. The van der Waals surface area contributed by atoms with Gasteiger partial charge in [0.1, 0.15) is 17.0 Å². The Bertz CT molecular complexity index is 1500. The molecule has 1 fully saturated rings. The van der Waals surface area contributed by atoms with Crippen molar-refractivity contribution in [1.82, 2.24) is 14.8 Å². The van der Waals surface area contributed by atoms with E-state index in [2.05, 4.69) is 22.8 Å². The number of hydrogen-bond acceptors (Lipinski definition) is 4. The summed E-state index contributed by atoms with van der Waals surface area (Å²) >= 11 is 0. The van der Waals surface area contributed by atoms with E-state index in [4.69, 9.17) is 4.74 Å². The molecule has 8 heteroatoms. The molecule has 0 radical (unpaired) electrons. The van der Waals surface area contributed by atoms with Crippen LogP contribution < -0.4 is 15.4 Å². The number of aromatic nitrogens is 1. The van der Waals surface area contributed by atoms with Crippen LogP contribution in [0.4, 0.5) is 5.69 Å². The normalized spacial score (nSPS) is 23.0. The highest BCUT2D eigenvalue weighted by molar-refractivity contribution is 6.14. The van der Waals surface area contributed by atoms with E-state index in [1.54, 1.807) is 7.11 Å². The van der Waals surface area contributed by atoms with Crippen LogP contribution in [-0.2, 0) is 22.6 Å². The average molecular weight is 557 g/mol. The van der Waals surface area contributed by atoms with Crippen LogP contribution >= 0.6 is 0 Å². The van der Waals surface area contributed by atoms with Crippen LogP contribution in [0.1, 0.15) is 92.9 Å². The second-order valence-electron chi connectivity index (χ2n) is 12.1. The van der Waals surface area contributed by atoms with Gasteiger partial charge in [0.25, 0.3) is 5.91 Å². The van der Waals surface area contributed by atoms with Gasteiger partial charge in [-0.2, -0.15) is 0 Å². The summed E-state index contributed by atoms with van der Waals surface area (Å²) in [6, 6.07) is 13.8. The van der Waals surface area contributed by atoms with E-state index in [-0.39, 0.29) is 36.3 Å². The van der Waals surface area contributed by atoms with Crippen molar-refractivity contribution in [2.45, 2.75) is 95.8 Å². The molecular formula is C33H40N4O4. The number of carbonyl (C=O) groups excluding carboxylic acids is 3. The number of benzene rings is 2. The summed E-state index contributed by atoms with van der Waals surface area (Å²) in [4.78, 5) is 43.5. The third-order valence-electron chi connectivity index (χ3n) is 9.32. The molecule has 6 rings (SSSR count). The van der Waals surface area contributed by atoms with E-state index < -0.39 is 5.54 Å². The Morgan fingerprint density at radius 2 is 1.76 bits per heavy atom. The minimum absolute atomic E-state index is 0.108. The number of rotatable bonds is 5. The van der Waals surface area contributed by atoms with Crippen molar-refractivity contribution < 1.29 is 19.1 Å². The van der Waals surface area contributed by atoms with Gasteiger partial charge in [-0.15, -0.1) is 0 Å². The molecule has 1 aliphatic heterocycles. The van der Waals surface area contributed by atoms with E-state index in [0.717, 1.165) is 61.4 Å². The molecule has 2 atom stereocenters. The summed E-state index contributed by atoms with van der Waals surface area (Å²) in [5, 5.41) is 7.05. The molecule has 0 spiro atoms. The Balaban J connectivity index is 1.52. The first kappa shape index (κ1) is 27.4. The first-order valence-corrected chi connectivity index (χ1v) is 15.0. The third-order valence-corrected chi connectivity index (χ3v) is 9.32. The fourth-order valence-electron chi connectivity index (χ4n) is 7.30. The predicted octanol–water partition coefficient (Wildman–Crippen LogP) is 5.74. The van der Waals surface area contributed by atoms with Crippen LogP contribution in [0.2, 0.25) is 0 Å². The largest absolute Gasteiger partial charge is 0.497 e. The number of methoxy groups -OCH3 is 1. The predicted molar refractivity (Wildman–Crippen MR) is 159 cm³/mol. The lowest BCUT2D eigenvalue weighted by Crippen LogP contribution is -2.65. The molecule has 3 aliphatic rings. The number of carbonyl (C=O) groups is 3. The fourth-order valence-corrected chi connectivity index (χ4v) is 7.30. The summed E-state index contributed by atoms with van der Waals surface area (Å²) in [7, 11) is 1.59. The second kappa shape index (κ2) is 10.9. The molecule has 2 heterocycles. The zero-order valence-electron chi connectivity index (χ0n) is 24.3. The molecule has 2 aliphatic carbocycles. The number of ether oxygens (including phenoxy) is 1. The van der Waals surface area contributed by atoms with Crippen LogP contribution in [0.15, 0.2) is 42.5 Å². The van der Waals surface area contributed by atoms with E-state index in [9.17, 15) is 14.4 Å².